The van der Waals surface area contributed by atoms with E-state index < -0.39 is 0 Å². The van der Waals surface area contributed by atoms with Crippen molar-refractivity contribution in [2.24, 2.45) is 0 Å². The number of likely N-dealkylation sites (tertiary alicyclic amines) is 1. The summed E-state index contributed by atoms with van der Waals surface area (Å²) in [5.74, 6) is 0. The third kappa shape index (κ3) is 1.09. The highest BCUT2D eigenvalue weighted by molar-refractivity contribution is 4.98. The molecule has 0 aromatic carbocycles. The highest BCUT2D eigenvalue weighted by atomic mass is 15.2. The van der Waals surface area contributed by atoms with E-state index in [2.05, 4.69) is 25.3 Å². The van der Waals surface area contributed by atoms with Gasteiger partial charge in [-0.05, 0) is 19.8 Å². The summed E-state index contributed by atoms with van der Waals surface area (Å²) in [5, 5.41) is 0. The van der Waals surface area contributed by atoms with Crippen molar-refractivity contribution in [2.75, 3.05) is 6.54 Å². The molecule has 1 aliphatic rings. The molecule has 0 N–H and O–H groups in total. The van der Waals surface area contributed by atoms with Crippen LogP contribution < -0.4 is 0 Å². The fourth-order valence-corrected chi connectivity index (χ4v) is 1.37. The van der Waals surface area contributed by atoms with Gasteiger partial charge in [0.05, 0.1) is 0 Å². The summed E-state index contributed by atoms with van der Waals surface area (Å²) in [6, 6.07) is 0.808. The molecule has 0 aromatic rings. The molecule has 9 heavy (non-hydrogen) atoms. The maximum Gasteiger partial charge on any atom is 0.0300 e. The van der Waals surface area contributed by atoms with Crippen molar-refractivity contribution in [3.05, 3.63) is 12.3 Å². The van der Waals surface area contributed by atoms with Crippen molar-refractivity contribution in [3.8, 4) is 0 Å². The van der Waals surface area contributed by atoms with Crippen LogP contribution in [0.5, 0.6) is 0 Å². The molecule has 0 aliphatic carbocycles. The van der Waals surface area contributed by atoms with Gasteiger partial charge in [-0.1, -0.05) is 13.5 Å². The first-order chi connectivity index (χ1) is 4.25. The van der Waals surface area contributed by atoms with Gasteiger partial charge in [0.25, 0.3) is 0 Å². The van der Waals surface area contributed by atoms with Crippen LogP contribution in [0.1, 0.15) is 26.7 Å². The van der Waals surface area contributed by atoms with Crippen molar-refractivity contribution >= 4 is 0 Å². The van der Waals surface area contributed by atoms with Crippen LogP contribution in [0.2, 0.25) is 0 Å². The predicted molar refractivity (Wildman–Crippen MR) is 40.2 cm³/mol. The van der Waals surface area contributed by atoms with Crippen molar-refractivity contribution in [1.29, 1.82) is 0 Å². The summed E-state index contributed by atoms with van der Waals surface area (Å²) in [5.41, 5.74) is 1.23. The Hall–Kier alpha value is -0.460. The molecule has 1 heterocycles. The lowest BCUT2D eigenvalue weighted by molar-refractivity contribution is 0.133. The van der Waals surface area contributed by atoms with Gasteiger partial charge < -0.3 is 4.90 Å². The lowest BCUT2D eigenvalue weighted by Crippen LogP contribution is -2.45. The van der Waals surface area contributed by atoms with Gasteiger partial charge in [-0.15, -0.1) is 0 Å². The molecule has 1 heteroatoms. The first kappa shape index (κ1) is 6.66. The molecule has 0 bridgehead atoms. The maximum absolute atomic E-state index is 3.90. The smallest absolute Gasteiger partial charge is 0.0300 e. The molecule has 0 amide bonds. The average Bonchev–Trinajstić information content (AvgIpc) is 1.61. The van der Waals surface area contributed by atoms with E-state index in [1.54, 1.807) is 0 Å². The monoisotopic (exact) mass is 125 g/mol. The Bertz CT molecular complexity index is 116. The number of hydrogen-bond acceptors (Lipinski definition) is 1. The van der Waals surface area contributed by atoms with E-state index in [-0.39, 0.29) is 0 Å². The minimum absolute atomic E-state index is 0.808. The Balaban J connectivity index is 2.35. The van der Waals surface area contributed by atoms with Gasteiger partial charge in [-0.3, -0.25) is 0 Å². The van der Waals surface area contributed by atoms with E-state index >= 15 is 0 Å². The van der Waals surface area contributed by atoms with Gasteiger partial charge in [-0.2, -0.15) is 0 Å². The maximum atomic E-state index is 3.90. The van der Waals surface area contributed by atoms with Gasteiger partial charge >= 0.3 is 0 Å². The standard InChI is InChI=1S/C8H15N/c1-4-8-5-6-9(8)7(2)3/h8H,2,4-6H2,1,3H3. The molecule has 1 saturated heterocycles. The number of allylic oxidation sites excluding steroid dienone is 1. The highest BCUT2D eigenvalue weighted by Gasteiger charge is 2.24. The number of hydrogen-bond donors (Lipinski definition) is 0. The summed E-state index contributed by atoms with van der Waals surface area (Å²) in [4.78, 5) is 2.38. The Morgan fingerprint density at radius 3 is 2.56 bits per heavy atom. The van der Waals surface area contributed by atoms with Crippen LogP contribution in [0.15, 0.2) is 12.3 Å². The van der Waals surface area contributed by atoms with Crippen LogP contribution in [0.3, 0.4) is 0 Å². The van der Waals surface area contributed by atoms with E-state index in [9.17, 15) is 0 Å². The van der Waals surface area contributed by atoms with Crippen molar-refractivity contribution < 1.29 is 0 Å². The summed E-state index contributed by atoms with van der Waals surface area (Å²) in [6.07, 6.45) is 2.64. The van der Waals surface area contributed by atoms with Crippen molar-refractivity contribution in [3.63, 3.8) is 0 Å². The van der Waals surface area contributed by atoms with E-state index in [0.29, 0.717) is 0 Å². The fourth-order valence-electron chi connectivity index (χ4n) is 1.37. The molecule has 52 valence electrons. The molecular weight excluding hydrogens is 110 g/mol. The van der Waals surface area contributed by atoms with Crippen LogP contribution in [-0.2, 0) is 0 Å². The van der Waals surface area contributed by atoms with Crippen LogP contribution >= 0.6 is 0 Å². The molecule has 0 aromatic heterocycles. The van der Waals surface area contributed by atoms with E-state index in [0.717, 1.165) is 6.04 Å². The topological polar surface area (TPSA) is 3.24 Å². The van der Waals surface area contributed by atoms with Gasteiger partial charge in [0.15, 0.2) is 0 Å². The van der Waals surface area contributed by atoms with Crippen LogP contribution in [-0.4, -0.2) is 17.5 Å². The van der Waals surface area contributed by atoms with E-state index in [4.69, 9.17) is 0 Å². The van der Waals surface area contributed by atoms with Crippen molar-refractivity contribution in [2.45, 2.75) is 32.7 Å². The van der Waals surface area contributed by atoms with E-state index in [1.165, 1.54) is 25.1 Å². The average molecular weight is 125 g/mol. The molecule has 1 nitrogen and oxygen atoms in total. The number of rotatable bonds is 2. The molecule has 1 atom stereocenters. The molecule has 0 radical (unpaired) electrons. The molecule has 1 unspecified atom stereocenters. The quantitative estimate of drug-likeness (QED) is 0.545. The number of nitrogens with zero attached hydrogens (tertiary/aromatic N) is 1. The van der Waals surface area contributed by atoms with Gasteiger partial charge in [0.1, 0.15) is 0 Å². The third-order valence-corrected chi connectivity index (χ3v) is 2.11. The largest absolute Gasteiger partial charge is 0.372 e. The normalized spacial score (nSPS) is 25.6. The lowest BCUT2D eigenvalue weighted by atomic mass is 10.0. The predicted octanol–water partition coefficient (Wildman–Crippen LogP) is 2.00. The van der Waals surface area contributed by atoms with Gasteiger partial charge in [-0.25, -0.2) is 0 Å². The van der Waals surface area contributed by atoms with Crippen LogP contribution in [0, 0.1) is 0 Å². The second kappa shape index (κ2) is 2.42. The van der Waals surface area contributed by atoms with Crippen LogP contribution in [0.25, 0.3) is 0 Å². The molecule has 0 spiro atoms. The summed E-state index contributed by atoms with van der Waals surface area (Å²) in [6.45, 7) is 9.45. The lowest BCUT2D eigenvalue weighted by Gasteiger charge is -2.42. The fraction of sp³-hybridized carbons (Fsp3) is 0.750. The molecule has 1 aliphatic heterocycles. The zero-order chi connectivity index (χ0) is 6.85. The zero-order valence-corrected chi connectivity index (χ0v) is 6.35. The Morgan fingerprint density at radius 2 is 2.44 bits per heavy atom. The second-order valence-corrected chi connectivity index (χ2v) is 2.78. The molecule has 1 rings (SSSR count). The SMILES string of the molecule is C=C(C)N1CCC1CC. The summed E-state index contributed by atoms with van der Waals surface area (Å²) < 4.78 is 0. The van der Waals surface area contributed by atoms with Gasteiger partial charge in [0, 0.05) is 18.3 Å². The van der Waals surface area contributed by atoms with Crippen LogP contribution in [0.4, 0.5) is 0 Å². The first-order valence-electron chi connectivity index (χ1n) is 3.68. The Morgan fingerprint density at radius 1 is 1.78 bits per heavy atom. The van der Waals surface area contributed by atoms with E-state index in [1.807, 2.05) is 0 Å². The molecule has 1 fully saturated rings. The molecular formula is C8H15N. The zero-order valence-electron chi connectivity index (χ0n) is 6.35. The third-order valence-electron chi connectivity index (χ3n) is 2.11. The highest BCUT2D eigenvalue weighted by Crippen LogP contribution is 2.23. The summed E-state index contributed by atoms with van der Waals surface area (Å²) >= 11 is 0. The summed E-state index contributed by atoms with van der Waals surface area (Å²) in [7, 11) is 0. The van der Waals surface area contributed by atoms with Gasteiger partial charge in [0.2, 0.25) is 0 Å². The van der Waals surface area contributed by atoms with Crippen molar-refractivity contribution in [1.82, 2.24) is 4.90 Å². The second-order valence-electron chi connectivity index (χ2n) is 2.78. The minimum Gasteiger partial charge on any atom is -0.372 e. The Labute approximate surface area is 57.4 Å². The minimum atomic E-state index is 0.808. The first-order valence-corrected chi connectivity index (χ1v) is 3.68. The molecule has 0 saturated carbocycles. The Kier molecular flexibility index (Phi) is 1.79.